The summed E-state index contributed by atoms with van der Waals surface area (Å²) in [4.78, 5) is 0. The Hall–Kier alpha value is -0.774. The first kappa shape index (κ1) is 32.6. The molecule has 0 amide bonds. The van der Waals surface area contributed by atoms with Crippen molar-refractivity contribution in [1.29, 1.82) is 0 Å². The van der Waals surface area contributed by atoms with E-state index in [1.807, 2.05) is 11.1 Å². The Labute approximate surface area is 282 Å². The van der Waals surface area contributed by atoms with Crippen molar-refractivity contribution in [2.45, 2.75) is 75.1 Å². The standard InChI is InChI=1S/2C9H11.2C9H7.2CH3.2ClH.2Zr/c4*1-2-5-9-7-3-6-8(9)4-1;;;;;;/h2*3,6-7H,1-2,4-5H2;2*1-7H;2*1H3;2*1H;;/q;;;;;;;;;+2/p-2. The van der Waals surface area contributed by atoms with Crippen molar-refractivity contribution in [2.24, 2.45) is 0 Å². The first-order chi connectivity index (χ1) is 19.6. The molecule has 0 aliphatic heterocycles. The van der Waals surface area contributed by atoms with Crippen LogP contribution in [0.15, 0.2) is 107 Å². The van der Waals surface area contributed by atoms with E-state index >= 15 is 0 Å². The number of benzene rings is 2. The molecule has 0 radical (unpaired) electrons. The third kappa shape index (κ3) is 6.32. The second-order valence-corrected chi connectivity index (χ2v) is 29.0. The Morgan fingerprint density at radius 3 is 1.45 bits per heavy atom. The van der Waals surface area contributed by atoms with Crippen molar-refractivity contribution in [3.05, 3.63) is 130 Å². The van der Waals surface area contributed by atoms with Gasteiger partial charge in [0.25, 0.3) is 0 Å². The van der Waals surface area contributed by atoms with Crippen LogP contribution in [0.1, 0.15) is 80.9 Å². The summed E-state index contributed by atoms with van der Waals surface area (Å²) < 4.78 is 8.71. The monoisotopic (exact) mass is 748 g/mol. The average Bonchev–Trinajstić information content (AvgIpc) is 3.79. The van der Waals surface area contributed by atoms with Crippen LogP contribution in [0.5, 0.6) is 0 Å². The van der Waals surface area contributed by atoms with Crippen LogP contribution in [0.2, 0.25) is 16.5 Å². The SMILES string of the molecule is C1=C[CH]([Zr+2][CH]2C=Cc3ccccc32)c2ccccc21.[CH3][Zr]([CH3])([CH]1C=CC2=C1CCCC2)[CH]1C=CC2=C1CCCC2.[Cl-].[Cl-]. The van der Waals surface area contributed by atoms with Crippen molar-refractivity contribution in [1.82, 2.24) is 0 Å². The van der Waals surface area contributed by atoms with Gasteiger partial charge in [0.2, 0.25) is 0 Å². The first-order valence-corrected chi connectivity index (χ1v) is 26.3. The van der Waals surface area contributed by atoms with Gasteiger partial charge in [0, 0.05) is 0 Å². The summed E-state index contributed by atoms with van der Waals surface area (Å²) in [5.41, 5.74) is 13.2. The van der Waals surface area contributed by atoms with Crippen LogP contribution in [-0.2, 0) is 43.5 Å². The normalized spacial score (nSPS) is 26.0. The molecule has 6 aliphatic rings. The van der Waals surface area contributed by atoms with Crippen LogP contribution >= 0.6 is 0 Å². The number of halogens is 2. The van der Waals surface area contributed by atoms with Gasteiger partial charge in [0.1, 0.15) is 0 Å². The Balaban J connectivity index is 0.000000161. The summed E-state index contributed by atoms with van der Waals surface area (Å²) in [5, 5.41) is 0. The minimum absolute atomic E-state index is 0. The number of hydrogen-bond acceptors (Lipinski definition) is 0. The maximum Gasteiger partial charge on any atom is -1.00 e. The van der Waals surface area contributed by atoms with E-state index in [9.17, 15) is 0 Å². The molecule has 0 heterocycles. The molecule has 0 bridgehead atoms. The second kappa shape index (κ2) is 14.1. The molecule has 216 valence electrons. The Morgan fingerprint density at radius 1 is 0.548 bits per heavy atom. The van der Waals surface area contributed by atoms with Gasteiger partial charge in [-0.2, -0.15) is 0 Å². The van der Waals surface area contributed by atoms with Gasteiger partial charge in [-0.1, -0.05) is 0 Å². The third-order valence-corrected chi connectivity index (χ3v) is 25.2. The molecule has 0 aromatic heterocycles. The molecule has 4 unspecified atom stereocenters. The predicted octanol–water partition coefficient (Wildman–Crippen LogP) is 5.31. The van der Waals surface area contributed by atoms with Gasteiger partial charge in [0.05, 0.1) is 0 Å². The molecule has 0 saturated heterocycles. The van der Waals surface area contributed by atoms with E-state index in [0.29, 0.717) is 0 Å². The largest absolute Gasteiger partial charge is 1.00 e. The van der Waals surface area contributed by atoms with Crippen LogP contribution in [0, 0.1) is 0 Å². The molecule has 0 N–H and O–H groups in total. The van der Waals surface area contributed by atoms with Crippen LogP contribution < -0.4 is 24.8 Å². The molecule has 0 spiro atoms. The minimum Gasteiger partial charge on any atom is -1.00 e. The Kier molecular flexibility index (Phi) is 11.0. The van der Waals surface area contributed by atoms with Gasteiger partial charge >= 0.3 is 260 Å². The zero-order chi connectivity index (χ0) is 27.1. The van der Waals surface area contributed by atoms with E-state index < -0.39 is 43.5 Å². The molecular weight excluding hydrogens is 710 g/mol. The summed E-state index contributed by atoms with van der Waals surface area (Å²) in [6, 6.07) is 17.7. The third-order valence-electron chi connectivity index (χ3n) is 10.4. The van der Waals surface area contributed by atoms with Crippen LogP contribution in [0.25, 0.3) is 12.2 Å². The fourth-order valence-electron chi connectivity index (χ4n) is 8.22. The van der Waals surface area contributed by atoms with Crippen molar-refractivity contribution >= 4 is 12.2 Å². The Morgan fingerprint density at radius 2 is 0.976 bits per heavy atom. The molecule has 0 fully saturated rings. The summed E-state index contributed by atoms with van der Waals surface area (Å²) in [6.45, 7) is 0. The quantitative estimate of drug-likeness (QED) is 0.398. The smallest absolute Gasteiger partial charge is 1.00 e. The van der Waals surface area contributed by atoms with Gasteiger partial charge in [-0.15, -0.1) is 0 Å². The van der Waals surface area contributed by atoms with Gasteiger partial charge in [-0.25, -0.2) is 0 Å². The topological polar surface area (TPSA) is 0 Å². The van der Waals surface area contributed by atoms with E-state index in [-0.39, 0.29) is 24.8 Å². The second-order valence-electron chi connectivity index (χ2n) is 13.1. The molecule has 4 heteroatoms. The summed E-state index contributed by atoms with van der Waals surface area (Å²) >= 11 is -2.75. The molecule has 2 aromatic carbocycles. The molecule has 0 nitrogen and oxygen atoms in total. The summed E-state index contributed by atoms with van der Waals surface area (Å²) in [6.07, 6.45) is 31.0. The zero-order valence-electron chi connectivity index (χ0n) is 25.0. The number of fused-ring (bicyclic) bond motifs is 2. The minimum atomic E-state index is -2.21. The fraction of sp³-hybridized carbons (Fsp3) is 0.368. The van der Waals surface area contributed by atoms with Crippen LogP contribution in [0.3, 0.4) is 0 Å². The number of allylic oxidation sites excluding steroid dienone is 10. The van der Waals surface area contributed by atoms with Crippen LogP contribution in [0.4, 0.5) is 0 Å². The molecule has 2 aromatic rings. The van der Waals surface area contributed by atoms with E-state index in [0.717, 1.165) is 14.5 Å². The molecule has 4 atom stereocenters. The van der Waals surface area contributed by atoms with E-state index in [1.54, 1.807) is 22.3 Å². The zero-order valence-corrected chi connectivity index (χ0v) is 31.4. The van der Waals surface area contributed by atoms with Crippen molar-refractivity contribution < 1.29 is 68.3 Å². The maximum absolute atomic E-state index is 2.73. The Bertz CT molecular complexity index is 1380. The van der Waals surface area contributed by atoms with E-state index in [4.69, 9.17) is 0 Å². The summed E-state index contributed by atoms with van der Waals surface area (Å²) in [5.74, 6) is 0. The van der Waals surface area contributed by atoms with Gasteiger partial charge < -0.3 is 24.8 Å². The molecule has 42 heavy (non-hydrogen) atoms. The maximum atomic E-state index is 2.73. The summed E-state index contributed by atoms with van der Waals surface area (Å²) in [7, 11) is 0. The van der Waals surface area contributed by atoms with Gasteiger partial charge in [-0.3, -0.25) is 0 Å². The molecule has 6 aliphatic carbocycles. The van der Waals surface area contributed by atoms with Gasteiger partial charge in [-0.05, 0) is 0 Å². The fourth-order valence-corrected chi connectivity index (χ4v) is 22.3. The van der Waals surface area contributed by atoms with E-state index in [2.05, 4.69) is 106 Å². The molecule has 0 saturated carbocycles. The molecular formula is C38H42Cl2Zr2. The predicted molar refractivity (Wildman–Crippen MR) is 165 cm³/mol. The number of rotatable bonds is 4. The van der Waals surface area contributed by atoms with Gasteiger partial charge in [0.15, 0.2) is 0 Å². The number of hydrogen-bond donors (Lipinski definition) is 0. The first-order valence-electron chi connectivity index (χ1n) is 15.7. The molecule has 8 rings (SSSR count). The van der Waals surface area contributed by atoms with Crippen molar-refractivity contribution in [3.63, 3.8) is 0 Å². The van der Waals surface area contributed by atoms with Crippen molar-refractivity contribution in [2.75, 3.05) is 0 Å². The van der Waals surface area contributed by atoms with Crippen LogP contribution in [-0.4, -0.2) is 0 Å². The van der Waals surface area contributed by atoms with Crippen molar-refractivity contribution in [3.8, 4) is 0 Å². The van der Waals surface area contributed by atoms with E-state index in [1.165, 1.54) is 62.5 Å². The average molecular weight is 752 g/mol.